The highest BCUT2D eigenvalue weighted by Gasteiger charge is 2.18. The summed E-state index contributed by atoms with van der Waals surface area (Å²) in [6.45, 7) is 1.82. The second kappa shape index (κ2) is 7.82. The first-order chi connectivity index (χ1) is 14.4. The van der Waals surface area contributed by atoms with E-state index in [4.69, 9.17) is 15.6 Å². The molecule has 2 aromatic heterocycles. The molecule has 152 valence electrons. The predicted octanol–water partition coefficient (Wildman–Crippen LogP) is 3.91. The van der Waals surface area contributed by atoms with E-state index < -0.39 is 12.1 Å². The maximum Gasteiger partial charge on any atom is 0.307 e. The molecular weight excluding hydrogens is 387 g/mol. The fraction of sp³-hybridized carbons (Fsp3) is 0.136. The van der Waals surface area contributed by atoms with Gasteiger partial charge in [0.05, 0.1) is 17.6 Å². The molecule has 0 saturated carbocycles. The van der Waals surface area contributed by atoms with Crippen LogP contribution in [0.25, 0.3) is 16.6 Å². The zero-order valence-corrected chi connectivity index (χ0v) is 16.1. The summed E-state index contributed by atoms with van der Waals surface area (Å²) in [5.74, 6) is -0.805. The van der Waals surface area contributed by atoms with E-state index in [2.05, 4.69) is 10.1 Å². The molecule has 0 aliphatic carbocycles. The SMILES string of the molecule is C[C@H](Oc1cc2cc(F)ccc2nc1N)c1cc(CC(=O)O)ccc1-n1cccn1. The van der Waals surface area contributed by atoms with E-state index >= 15 is 0 Å². The Morgan fingerprint density at radius 1 is 1.27 bits per heavy atom. The lowest BCUT2D eigenvalue weighted by Gasteiger charge is -2.20. The molecular formula is C22H19FN4O3. The molecule has 3 N–H and O–H groups in total. The minimum atomic E-state index is -0.925. The van der Waals surface area contributed by atoms with E-state index in [0.29, 0.717) is 22.2 Å². The third-order valence-electron chi connectivity index (χ3n) is 4.71. The average molecular weight is 406 g/mol. The fourth-order valence-corrected chi connectivity index (χ4v) is 3.33. The van der Waals surface area contributed by atoms with Crippen molar-refractivity contribution in [3.63, 3.8) is 0 Å². The molecule has 7 nitrogen and oxygen atoms in total. The minimum absolute atomic E-state index is 0.113. The van der Waals surface area contributed by atoms with Gasteiger partial charge >= 0.3 is 5.97 Å². The van der Waals surface area contributed by atoms with Crippen molar-refractivity contribution in [2.45, 2.75) is 19.4 Å². The maximum atomic E-state index is 13.6. The predicted molar refractivity (Wildman–Crippen MR) is 110 cm³/mol. The van der Waals surface area contributed by atoms with Crippen molar-refractivity contribution in [1.29, 1.82) is 0 Å². The molecule has 0 radical (unpaired) electrons. The molecule has 0 amide bonds. The molecule has 0 aliphatic heterocycles. The molecule has 0 aliphatic rings. The number of nitrogens with zero attached hydrogens (tertiary/aromatic N) is 3. The van der Waals surface area contributed by atoms with Gasteiger partial charge in [0.25, 0.3) is 0 Å². The third-order valence-corrected chi connectivity index (χ3v) is 4.71. The van der Waals surface area contributed by atoms with Crippen molar-refractivity contribution >= 4 is 22.7 Å². The number of fused-ring (bicyclic) bond motifs is 1. The van der Waals surface area contributed by atoms with Crippen molar-refractivity contribution in [2.75, 3.05) is 5.73 Å². The van der Waals surface area contributed by atoms with Crippen LogP contribution in [0.4, 0.5) is 10.2 Å². The normalized spacial score (nSPS) is 12.1. The Hall–Kier alpha value is -3.94. The number of carboxylic acid groups (broad SMARTS) is 1. The second-order valence-corrected chi connectivity index (χ2v) is 6.88. The van der Waals surface area contributed by atoms with Crippen LogP contribution in [0.3, 0.4) is 0 Å². The van der Waals surface area contributed by atoms with E-state index in [0.717, 1.165) is 11.3 Å². The van der Waals surface area contributed by atoms with Crippen LogP contribution in [0.5, 0.6) is 5.75 Å². The van der Waals surface area contributed by atoms with Crippen molar-refractivity contribution in [3.8, 4) is 11.4 Å². The topological polar surface area (TPSA) is 103 Å². The number of nitrogens with two attached hydrogens (primary N) is 1. The van der Waals surface area contributed by atoms with Crippen LogP contribution in [0, 0.1) is 5.82 Å². The van der Waals surface area contributed by atoms with Crippen LogP contribution in [0.15, 0.2) is 60.9 Å². The Kier molecular flexibility index (Phi) is 5.05. The second-order valence-electron chi connectivity index (χ2n) is 6.88. The zero-order valence-electron chi connectivity index (χ0n) is 16.1. The number of carbonyl (C=O) groups is 1. The summed E-state index contributed by atoms with van der Waals surface area (Å²) in [7, 11) is 0. The lowest BCUT2D eigenvalue weighted by molar-refractivity contribution is -0.136. The molecule has 0 fully saturated rings. The number of anilines is 1. The molecule has 1 atom stereocenters. The van der Waals surface area contributed by atoms with E-state index in [9.17, 15) is 9.18 Å². The van der Waals surface area contributed by atoms with Crippen molar-refractivity contribution in [2.24, 2.45) is 0 Å². The molecule has 30 heavy (non-hydrogen) atoms. The number of hydrogen-bond donors (Lipinski definition) is 2. The Labute approximate surface area is 171 Å². The summed E-state index contributed by atoms with van der Waals surface area (Å²) < 4.78 is 21.4. The van der Waals surface area contributed by atoms with Crippen molar-refractivity contribution in [3.05, 3.63) is 77.9 Å². The molecule has 8 heteroatoms. The van der Waals surface area contributed by atoms with Gasteiger partial charge in [-0.2, -0.15) is 5.10 Å². The molecule has 0 saturated heterocycles. The number of ether oxygens (including phenoxy) is 1. The molecule has 4 aromatic rings. The summed E-state index contributed by atoms with van der Waals surface area (Å²) in [5.41, 5.74) is 8.74. The van der Waals surface area contributed by atoms with Crippen LogP contribution >= 0.6 is 0 Å². The first-order valence-corrected chi connectivity index (χ1v) is 9.28. The smallest absolute Gasteiger partial charge is 0.307 e. The number of rotatable bonds is 6. The summed E-state index contributed by atoms with van der Waals surface area (Å²) >= 11 is 0. The van der Waals surface area contributed by atoms with Gasteiger partial charge in [0, 0.05) is 23.3 Å². The van der Waals surface area contributed by atoms with Gasteiger partial charge < -0.3 is 15.6 Å². The Morgan fingerprint density at radius 2 is 2.10 bits per heavy atom. The van der Waals surface area contributed by atoms with Gasteiger partial charge in [-0.25, -0.2) is 14.1 Å². The van der Waals surface area contributed by atoms with Crippen LogP contribution in [-0.4, -0.2) is 25.8 Å². The van der Waals surface area contributed by atoms with E-state index in [1.54, 1.807) is 53.5 Å². The number of halogens is 1. The quantitative estimate of drug-likeness (QED) is 0.503. The van der Waals surface area contributed by atoms with Gasteiger partial charge in [0.2, 0.25) is 0 Å². The first-order valence-electron chi connectivity index (χ1n) is 9.28. The molecule has 2 aromatic carbocycles. The summed E-state index contributed by atoms with van der Waals surface area (Å²) in [5, 5.41) is 14.0. The standard InChI is InChI=1S/C22H19FN4O3/c1-13(30-20-12-15-11-16(23)4-5-18(15)26-22(20)24)17-9-14(10-21(28)29)3-6-19(17)27-8-2-7-25-27/h2-9,11-13H,10H2,1H3,(H2,24,26)(H,28,29)/t13-/m0/s1. The van der Waals surface area contributed by atoms with E-state index in [-0.39, 0.29) is 18.1 Å². The summed E-state index contributed by atoms with van der Waals surface area (Å²) in [4.78, 5) is 15.4. The van der Waals surface area contributed by atoms with E-state index in [1.165, 1.54) is 12.1 Å². The zero-order chi connectivity index (χ0) is 21.3. The van der Waals surface area contributed by atoms with Gasteiger partial charge in [-0.05, 0) is 55.0 Å². The highest BCUT2D eigenvalue weighted by Crippen LogP contribution is 2.32. The summed E-state index contributed by atoms with van der Waals surface area (Å²) in [6, 6.07) is 13.0. The van der Waals surface area contributed by atoms with Crippen LogP contribution in [0.2, 0.25) is 0 Å². The molecule has 0 spiro atoms. The highest BCUT2D eigenvalue weighted by molar-refractivity contribution is 5.82. The van der Waals surface area contributed by atoms with Gasteiger partial charge in [0.1, 0.15) is 11.9 Å². The van der Waals surface area contributed by atoms with Crippen LogP contribution < -0.4 is 10.5 Å². The third kappa shape index (κ3) is 3.93. The number of nitrogen functional groups attached to an aromatic ring is 1. The van der Waals surface area contributed by atoms with Crippen molar-refractivity contribution in [1.82, 2.24) is 14.8 Å². The maximum absolute atomic E-state index is 13.6. The fourth-order valence-electron chi connectivity index (χ4n) is 3.33. The van der Waals surface area contributed by atoms with Crippen molar-refractivity contribution < 1.29 is 19.0 Å². The minimum Gasteiger partial charge on any atom is -0.482 e. The number of carboxylic acids is 1. The molecule has 0 unspecified atom stereocenters. The van der Waals surface area contributed by atoms with Gasteiger partial charge in [0.15, 0.2) is 11.6 Å². The largest absolute Gasteiger partial charge is 0.482 e. The molecule has 0 bridgehead atoms. The Morgan fingerprint density at radius 3 is 2.83 bits per heavy atom. The number of aliphatic carboxylic acids is 1. The highest BCUT2D eigenvalue weighted by atomic mass is 19.1. The summed E-state index contributed by atoms with van der Waals surface area (Å²) in [6.07, 6.45) is 2.82. The van der Waals surface area contributed by atoms with Crippen LogP contribution in [0.1, 0.15) is 24.2 Å². The Bertz CT molecular complexity index is 1220. The monoisotopic (exact) mass is 406 g/mol. The number of pyridine rings is 1. The van der Waals surface area contributed by atoms with Crippen LogP contribution in [-0.2, 0) is 11.2 Å². The Balaban J connectivity index is 1.73. The lowest BCUT2D eigenvalue weighted by atomic mass is 10.0. The number of aromatic nitrogens is 3. The van der Waals surface area contributed by atoms with Gasteiger partial charge in [-0.15, -0.1) is 0 Å². The van der Waals surface area contributed by atoms with Gasteiger partial charge in [-0.3, -0.25) is 4.79 Å². The molecule has 4 rings (SSSR count). The number of benzene rings is 2. The lowest BCUT2D eigenvalue weighted by Crippen LogP contribution is -2.11. The molecule has 2 heterocycles. The number of hydrogen-bond acceptors (Lipinski definition) is 5. The average Bonchev–Trinajstić information content (AvgIpc) is 3.23. The van der Waals surface area contributed by atoms with Gasteiger partial charge in [-0.1, -0.05) is 6.07 Å². The first kappa shape index (κ1) is 19.4. The van der Waals surface area contributed by atoms with E-state index in [1.807, 2.05) is 6.92 Å².